The third kappa shape index (κ3) is 5.53. The normalized spacial score (nSPS) is 26.2. The molecule has 0 spiro atoms. The average molecular weight is 480 g/mol. The predicted octanol–water partition coefficient (Wildman–Crippen LogP) is 4.26. The van der Waals surface area contributed by atoms with Crippen LogP contribution in [0.3, 0.4) is 0 Å². The summed E-state index contributed by atoms with van der Waals surface area (Å²) in [5.41, 5.74) is 1.58. The Hall–Kier alpha value is -1.89. The number of allylic oxidation sites excluding steroid dienone is 3. The van der Waals surface area contributed by atoms with Crippen molar-refractivity contribution in [3.05, 3.63) is 57.6 Å². The van der Waals surface area contributed by atoms with Gasteiger partial charge in [0.25, 0.3) is 5.91 Å². The zero-order valence-corrected chi connectivity index (χ0v) is 19.4. The molecular formula is C24H28Cl2FN3O2. The van der Waals surface area contributed by atoms with Crippen molar-refractivity contribution in [2.75, 3.05) is 32.7 Å². The molecule has 2 aliphatic heterocycles. The Morgan fingerprint density at radius 1 is 1.12 bits per heavy atom. The van der Waals surface area contributed by atoms with Gasteiger partial charge in [-0.15, -0.1) is 0 Å². The smallest absolute Gasteiger partial charge is 0.251 e. The van der Waals surface area contributed by atoms with Gasteiger partial charge in [0.15, 0.2) is 0 Å². The fraction of sp³-hybridized carbons (Fsp3) is 0.500. The molecule has 2 heterocycles. The number of likely N-dealkylation sites (tertiary alicyclic amines) is 2. The molecule has 0 bridgehead atoms. The van der Waals surface area contributed by atoms with Crippen molar-refractivity contribution in [2.45, 2.75) is 37.9 Å². The van der Waals surface area contributed by atoms with E-state index in [1.165, 1.54) is 11.6 Å². The van der Waals surface area contributed by atoms with Crippen LogP contribution in [0.15, 0.2) is 42.0 Å². The fourth-order valence-corrected chi connectivity index (χ4v) is 5.18. The first-order valence-electron chi connectivity index (χ1n) is 11.2. The van der Waals surface area contributed by atoms with Crippen LogP contribution in [0.4, 0.5) is 4.39 Å². The van der Waals surface area contributed by atoms with Gasteiger partial charge in [0.1, 0.15) is 6.17 Å². The highest BCUT2D eigenvalue weighted by Crippen LogP contribution is 2.32. The number of alkyl halides is 1. The Labute approximate surface area is 198 Å². The molecule has 1 aromatic carbocycles. The molecule has 3 unspecified atom stereocenters. The Balaban J connectivity index is 1.27. The summed E-state index contributed by atoms with van der Waals surface area (Å²) in [5, 5.41) is 3.35. The standard InChI is InChI=1S/C24H28Cl2FN3O2/c25-21-7-6-17(12-22(21)26)24(32)28-13-23(31)30-10-8-20(15-30)29-9-2-4-18(14-29)16-3-1-5-19(27)11-16/h1,3,5-7,12,18-20H,2,4,8-11,13-15H2,(H,28,32). The Kier molecular flexibility index (Phi) is 7.54. The SMILES string of the molecule is O=C(NCC(=O)N1CCC(N2CCCC(C3=CC=CC(F)C3)C2)C1)c1ccc(Cl)c(Cl)c1. The molecule has 4 rings (SSSR count). The van der Waals surface area contributed by atoms with Crippen LogP contribution in [0.25, 0.3) is 0 Å². The monoisotopic (exact) mass is 479 g/mol. The third-order valence-electron chi connectivity index (χ3n) is 6.65. The van der Waals surface area contributed by atoms with Crippen LogP contribution in [0, 0.1) is 5.92 Å². The van der Waals surface area contributed by atoms with E-state index in [0.717, 1.165) is 32.4 Å². The molecule has 0 saturated carbocycles. The summed E-state index contributed by atoms with van der Waals surface area (Å²) in [7, 11) is 0. The first kappa shape index (κ1) is 23.3. The molecule has 32 heavy (non-hydrogen) atoms. The number of carbonyl (C=O) groups is 2. The molecule has 8 heteroatoms. The van der Waals surface area contributed by atoms with Crippen molar-refractivity contribution in [2.24, 2.45) is 5.92 Å². The van der Waals surface area contributed by atoms with E-state index in [1.807, 2.05) is 11.0 Å². The van der Waals surface area contributed by atoms with Gasteiger partial charge in [0.2, 0.25) is 5.91 Å². The average Bonchev–Trinajstić information content (AvgIpc) is 3.30. The van der Waals surface area contributed by atoms with Gasteiger partial charge in [-0.25, -0.2) is 4.39 Å². The summed E-state index contributed by atoms with van der Waals surface area (Å²) in [6.07, 6.45) is 8.27. The number of hydrogen-bond donors (Lipinski definition) is 1. The number of amides is 2. The first-order chi connectivity index (χ1) is 15.4. The van der Waals surface area contributed by atoms with E-state index in [1.54, 1.807) is 18.2 Å². The topological polar surface area (TPSA) is 52.7 Å². The van der Waals surface area contributed by atoms with Crippen molar-refractivity contribution in [1.82, 2.24) is 15.1 Å². The van der Waals surface area contributed by atoms with Crippen LogP contribution >= 0.6 is 23.2 Å². The molecule has 1 aromatic rings. The van der Waals surface area contributed by atoms with E-state index in [4.69, 9.17) is 23.2 Å². The number of rotatable bonds is 5. The summed E-state index contributed by atoms with van der Waals surface area (Å²) >= 11 is 11.8. The number of benzene rings is 1. The van der Waals surface area contributed by atoms with Gasteiger partial charge in [-0.3, -0.25) is 14.5 Å². The lowest BCUT2D eigenvalue weighted by atomic mass is 9.85. The lowest BCUT2D eigenvalue weighted by molar-refractivity contribution is -0.129. The second-order valence-corrected chi connectivity index (χ2v) is 9.59. The van der Waals surface area contributed by atoms with E-state index in [0.29, 0.717) is 47.1 Å². The minimum absolute atomic E-state index is 0.0501. The second-order valence-electron chi connectivity index (χ2n) is 8.77. The third-order valence-corrected chi connectivity index (χ3v) is 7.39. The van der Waals surface area contributed by atoms with Crippen molar-refractivity contribution >= 4 is 35.0 Å². The number of nitrogens with one attached hydrogen (secondary N) is 1. The number of hydrogen-bond acceptors (Lipinski definition) is 3. The molecular weight excluding hydrogens is 452 g/mol. The van der Waals surface area contributed by atoms with E-state index in [9.17, 15) is 14.0 Å². The van der Waals surface area contributed by atoms with Crippen LogP contribution in [0.1, 0.15) is 36.0 Å². The van der Waals surface area contributed by atoms with Gasteiger partial charge >= 0.3 is 0 Å². The lowest BCUT2D eigenvalue weighted by Gasteiger charge is -2.38. The quantitative estimate of drug-likeness (QED) is 0.686. The molecule has 2 fully saturated rings. The molecule has 1 aliphatic carbocycles. The number of carbonyl (C=O) groups excluding carboxylic acids is 2. The van der Waals surface area contributed by atoms with Crippen LogP contribution < -0.4 is 5.32 Å². The number of piperidine rings is 1. The van der Waals surface area contributed by atoms with E-state index in [-0.39, 0.29) is 18.4 Å². The lowest BCUT2D eigenvalue weighted by Crippen LogP contribution is -2.46. The number of halogens is 3. The minimum atomic E-state index is -0.871. The van der Waals surface area contributed by atoms with E-state index >= 15 is 0 Å². The van der Waals surface area contributed by atoms with E-state index < -0.39 is 6.17 Å². The molecule has 2 amide bonds. The largest absolute Gasteiger partial charge is 0.343 e. The highest BCUT2D eigenvalue weighted by Gasteiger charge is 2.34. The Morgan fingerprint density at radius 3 is 2.75 bits per heavy atom. The predicted molar refractivity (Wildman–Crippen MR) is 125 cm³/mol. The highest BCUT2D eigenvalue weighted by molar-refractivity contribution is 6.42. The van der Waals surface area contributed by atoms with Gasteiger partial charge in [-0.2, -0.15) is 0 Å². The van der Waals surface area contributed by atoms with Crippen molar-refractivity contribution in [1.29, 1.82) is 0 Å². The summed E-state index contributed by atoms with van der Waals surface area (Å²) < 4.78 is 13.8. The van der Waals surface area contributed by atoms with Gasteiger partial charge in [0.05, 0.1) is 16.6 Å². The molecule has 2 saturated heterocycles. The summed E-state index contributed by atoms with van der Waals surface area (Å²) in [4.78, 5) is 29.3. The second kappa shape index (κ2) is 10.4. The molecule has 5 nitrogen and oxygen atoms in total. The zero-order valence-electron chi connectivity index (χ0n) is 17.9. The molecule has 3 aliphatic rings. The van der Waals surface area contributed by atoms with Crippen molar-refractivity contribution in [3.8, 4) is 0 Å². The van der Waals surface area contributed by atoms with Crippen LogP contribution in [-0.4, -0.2) is 66.6 Å². The van der Waals surface area contributed by atoms with Crippen LogP contribution in [0.5, 0.6) is 0 Å². The minimum Gasteiger partial charge on any atom is -0.343 e. The number of nitrogens with zero attached hydrogens (tertiary/aromatic N) is 2. The fourth-order valence-electron chi connectivity index (χ4n) is 4.88. The molecule has 1 N–H and O–H groups in total. The maximum atomic E-state index is 13.8. The van der Waals surface area contributed by atoms with Crippen LogP contribution in [0.2, 0.25) is 10.0 Å². The van der Waals surface area contributed by atoms with Gasteiger partial charge in [-0.1, -0.05) is 47.0 Å². The first-order valence-corrected chi connectivity index (χ1v) is 11.9. The van der Waals surface area contributed by atoms with Crippen molar-refractivity contribution < 1.29 is 14.0 Å². The maximum absolute atomic E-state index is 13.8. The van der Waals surface area contributed by atoms with Gasteiger partial charge in [-0.05, 0) is 49.9 Å². The Morgan fingerprint density at radius 2 is 1.97 bits per heavy atom. The highest BCUT2D eigenvalue weighted by atomic mass is 35.5. The molecule has 172 valence electrons. The Bertz CT molecular complexity index is 936. The van der Waals surface area contributed by atoms with Gasteiger partial charge < -0.3 is 10.2 Å². The zero-order chi connectivity index (χ0) is 22.7. The van der Waals surface area contributed by atoms with Gasteiger partial charge in [0, 0.05) is 37.7 Å². The molecule has 3 atom stereocenters. The van der Waals surface area contributed by atoms with Crippen LogP contribution in [-0.2, 0) is 4.79 Å². The maximum Gasteiger partial charge on any atom is 0.251 e. The summed E-state index contributed by atoms with van der Waals surface area (Å²) in [6, 6.07) is 4.94. The summed E-state index contributed by atoms with van der Waals surface area (Å²) in [6.45, 7) is 3.24. The summed E-state index contributed by atoms with van der Waals surface area (Å²) in [5.74, 6) is -0.0513. The van der Waals surface area contributed by atoms with Crippen molar-refractivity contribution in [3.63, 3.8) is 0 Å². The molecule has 0 aromatic heterocycles. The van der Waals surface area contributed by atoms with E-state index in [2.05, 4.69) is 16.3 Å². The molecule has 0 radical (unpaired) electrons.